The van der Waals surface area contributed by atoms with Crippen LogP contribution < -0.4 is 5.32 Å². The van der Waals surface area contributed by atoms with Gasteiger partial charge in [0.15, 0.2) is 6.29 Å². The maximum absolute atomic E-state index is 13.0. The Kier molecular flexibility index (Phi) is 46.3. The Balaban J connectivity index is 2.08. The third kappa shape index (κ3) is 39.8. The van der Waals surface area contributed by atoms with E-state index in [9.17, 15) is 30.3 Å². The lowest BCUT2D eigenvalue weighted by Gasteiger charge is -2.40. The van der Waals surface area contributed by atoms with Crippen LogP contribution in [-0.4, -0.2) is 87.5 Å². The van der Waals surface area contributed by atoms with Crippen LogP contribution >= 0.6 is 0 Å². The van der Waals surface area contributed by atoms with E-state index in [1.54, 1.807) is 6.08 Å². The SMILES string of the molecule is CC/C=C\C/C=C\C/C=C\C/C=C\C/C=C\C/C=C\C/C=C\C/C=C\CCCCCCCCCCCCCCCCC(=O)NC(COC1OC(CO)C(O)C(O)C1O)C(O)/C=C/CC/C=C/CCCCC. The van der Waals surface area contributed by atoms with Crippen LogP contribution in [0.3, 0.4) is 0 Å². The first-order valence-corrected chi connectivity index (χ1v) is 28.3. The minimum absolute atomic E-state index is 0.195. The minimum atomic E-state index is -1.58. The van der Waals surface area contributed by atoms with E-state index in [0.717, 1.165) is 89.9 Å². The number of amides is 1. The number of allylic oxidation sites excluding steroid dienone is 19. The fraction of sp³-hybridized carbons (Fsp3) is 0.661. The van der Waals surface area contributed by atoms with Crippen LogP contribution in [0.25, 0.3) is 0 Å². The molecule has 1 aliphatic heterocycles. The van der Waals surface area contributed by atoms with Gasteiger partial charge in [-0.25, -0.2) is 0 Å². The van der Waals surface area contributed by atoms with Crippen molar-refractivity contribution in [3.05, 3.63) is 122 Å². The van der Waals surface area contributed by atoms with Gasteiger partial charge in [0, 0.05) is 6.42 Å². The van der Waals surface area contributed by atoms with E-state index in [1.807, 2.05) is 6.08 Å². The third-order valence-corrected chi connectivity index (χ3v) is 12.5. The molecule has 1 amide bonds. The average molecular weight is 991 g/mol. The summed E-state index contributed by atoms with van der Waals surface area (Å²) < 4.78 is 11.2. The maximum atomic E-state index is 13.0. The van der Waals surface area contributed by atoms with Gasteiger partial charge >= 0.3 is 0 Å². The number of rotatable bonds is 46. The van der Waals surface area contributed by atoms with Gasteiger partial charge in [-0.05, 0) is 96.3 Å². The number of hydrogen-bond donors (Lipinski definition) is 6. The number of nitrogens with one attached hydrogen (secondary N) is 1. The van der Waals surface area contributed by atoms with Crippen LogP contribution in [0.15, 0.2) is 122 Å². The highest BCUT2D eigenvalue weighted by atomic mass is 16.7. The molecule has 0 aromatic carbocycles. The van der Waals surface area contributed by atoms with E-state index in [0.29, 0.717) is 6.42 Å². The second-order valence-corrected chi connectivity index (χ2v) is 19.0. The summed E-state index contributed by atoms with van der Waals surface area (Å²) in [6.45, 7) is 3.57. The molecule has 404 valence electrons. The Morgan fingerprint density at radius 2 is 0.887 bits per heavy atom. The summed E-state index contributed by atoms with van der Waals surface area (Å²) in [6.07, 6.45) is 68.7. The number of carbonyl (C=O) groups is 1. The van der Waals surface area contributed by atoms with Crippen molar-refractivity contribution in [3.63, 3.8) is 0 Å². The van der Waals surface area contributed by atoms with E-state index < -0.39 is 49.5 Å². The van der Waals surface area contributed by atoms with Gasteiger partial charge in [0.05, 0.1) is 25.4 Å². The van der Waals surface area contributed by atoms with Gasteiger partial charge in [-0.1, -0.05) is 225 Å². The molecule has 7 atom stereocenters. The monoisotopic (exact) mass is 990 g/mol. The van der Waals surface area contributed by atoms with Crippen LogP contribution in [0, 0.1) is 0 Å². The van der Waals surface area contributed by atoms with E-state index in [2.05, 4.69) is 129 Å². The van der Waals surface area contributed by atoms with Crippen molar-refractivity contribution in [2.24, 2.45) is 0 Å². The van der Waals surface area contributed by atoms with Crippen molar-refractivity contribution < 1.29 is 39.8 Å². The Labute approximate surface area is 433 Å². The lowest BCUT2D eigenvalue weighted by atomic mass is 9.99. The standard InChI is InChI=1S/C62H103NO8/c1-3-5-7-9-11-13-14-15-16-17-18-19-20-21-22-23-24-25-26-27-28-29-30-31-32-33-34-35-36-37-38-39-40-41-42-44-46-48-50-52-58(66)63-55(56(65)51-49-47-45-43-12-10-8-6-4-2)54-70-62-61(69)60(68)59(67)57(53-64)71-62/h5,7,11-13,15-16,18-19,21-22,24-25,27-28,30-31,43,49,51,55-57,59-62,64-65,67-69H,3-4,6,8-10,14,17,20,23,26,29,32-42,44-48,50,52-54H2,1-2H3,(H,63,66)/b7-5-,13-11-,16-15-,19-18-,22-21-,25-24-,28-27-,31-30-,43-12+,51-49+. The second kappa shape index (κ2) is 50.1. The van der Waals surface area contributed by atoms with E-state index in [1.165, 1.54) is 96.3 Å². The summed E-state index contributed by atoms with van der Waals surface area (Å²) in [5, 5.41) is 54.1. The van der Waals surface area contributed by atoms with Crippen molar-refractivity contribution in [3.8, 4) is 0 Å². The normalized spacial score (nSPS) is 20.2. The molecule has 7 unspecified atom stereocenters. The zero-order chi connectivity index (χ0) is 51.5. The van der Waals surface area contributed by atoms with E-state index in [-0.39, 0.29) is 12.5 Å². The number of aliphatic hydroxyl groups excluding tert-OH is 5. The molecule has 6 N–H and O–H groups in total. The van der Waals surface area contributed by atoms with E-state index in [4.69, 9.17) is 9.47 Å². The maximum Gasteiger partial charge on any atom is 0.220 e. The molecule has 71 heavy (non-hydrogen) atoms. The van der Waals surface area contributed by atoms with Gasteiger partial charge in [0.2, 0.25) is 5.91 Å². The molecule has 9 nitrogen and oxygen atoms in total. The molecular formula is C62H103NO8. The van der Waals surface area contributed by atoms with Gasteiger partial charge < -0.3 is 40.3 Å². The molecule has 0 aromatic heterocycles. The molecule has 0 aromatic rings. The molecule has 0 radical (unpaired) electrons. The predicted molar refractivity (Wildman–Crippen MR) is 299 cm³/mol. The summed E-state index contributed by atoms with van der Waals surface area (Å²) in [6, 6.07) is -0.826. The molecule has 0 spiro atoms. The number of aliphatic hydroxyl groups is 5. The highest BCUT2D eigenvalue weighted by molar-refractivity contribution is 5.76. The van der Waals surface area contributed by atoms with Crippen molar-refractivity contribution in [2.45, 2.75) is 249 Å². The molecule has 9 heteroatoms. The zero-order valence-electron chi connectivity index (χ0n) is 44.7. The van der Waals surface area contributed by atoms with Gasteiger partial charge in [-0.15, -0.1) is 0 Å². The van der Waals surface area contributed by atoms with Crippen molar-refractivity contribution in [2.75, 3.05) is 13.2 Å². The summed E-state index contributed by atoms with van der Waals surface area (Å²) in [5.74, 6) is -0.195. The third-order valence-electron chi connectivity index (χ3n) is 12.5. The fourth-order valence-electron chi connectivity index (χ4n) is 8.07. The van der Waals surface area contributed by atoms with Crippen LogP contribution in [0.5, 0.6) is 0 Å². The first kappa shape index (κ1) is 65.6. The molecule has 1 aliphatic rings. The summed E-state index contributed by atoms with van der Waals surface area (Å²) >= 11 is 0. The van der Waals surface area contributed by atoms with Gasteiger partial charge in [-0.2, -0.15) is 0 Å². The summed E-state index contributed by atoms with van der Waals surface area (Å²) in [5.41, 5.74) is 0. The molecule has 0 bridgehead atoms. The number of unbranched alkanes of at least 4 members (excludes halogenated alkanes) is 18. The number of carbonyl (C=O) groups excluding carboxylic acids is 1. The fourth-order valence-corrected chi connectivity index (χ4v) is 8.07. The number of hydrogen-bond acceptors (Lipinski definition) is 8. The highest BCUT2D eigenvalue weighted by Crippen LogP contribution is 2.23. The van der Waals surface area contributed by atoms with Crippen LogP contribution in [0.2, 0.25) is 0 Å². The Morgan fingerprint density at radius 1 is 0.493 bits per heavy atom. The predicted octanol–water partition coefficient (Wildman–Crippen LogP) is 14.0. The minimum Gasteiger partial charge on any atom is -0.394 e. The van der Waals surface area contributed by atoms with Crippen LogP contribution in [0.1, 0.15) is 206 Å². The van der Waals surface area contributed by atoms with Crippen LogP contribution in [0.4, 0.5) is 0 Å². The summed E-state index contributed by atoms with van der Waals surface area (Å²) in [4.78, 5) is 13.0. The van der Waals surface area contributed by atoms with Gasteiger partial charge in [0.25, 0.3) is 0 Å². The quantitative estimate of drug-likeness (QED) is 0.0261. The smallest absolute Gasteiger partial charge is 0.220 e. The molecule has 0 saturated carbocycles. The average Bonchev–Trinajstić information content (AvgIpc) is 3.37. The Bertz CT molecular complexity index is 1520. The van der Waals surface area contributed by atoms with Crippen molar-refractivity contribution in [1.29, 1.82) is 0 Å². The zero-order valence-corrected chi connectivity index (χ0v) is 44.7. The van der Waals surface area contributed by atoms with Crippen molar-refractivity contribution >= 4 is 5.91 Å². The molecule has 1 heterocycles. The molecule has 1 rings (SSSR count). The Hall–Kier alpha value is -3.41. The summed E-state index contributed by atoms with van der Waals surface area (Å²) in [7, 11) is 0. The van der Waals surface area contributed by atoms with Gasteiger partial charge in [0.1, 0.15) is 24.4 Å². The second-order valence-electron chi connectivity index (χ2n) is 19.0. The molecular weight excluding hydrogens is 887 g/mol. The lowest BCUT2D eigenvalue weighted by molar-refractivity contribution is -0.302. The molecule has 0 aliphatic carbocycles. The number of ether oxygens (including phenoxy) is 2. The lowest BCUT2D eigenvalue weighted by Crippen LogP contribution is -2.60. The first-order valence-electron chi connectivity index (χ1n) is 28.3. The van der Waals surface area contributed by atoms with Crippen molar-refractivity contribution in [1.82, 2.24) is 5.32 Å². The van der Waals surface area contributed by atoms with Crippen LogP contribution in [-0.2, 0) is 14.3 Å². The van der Waals surface area contributed by atoms with Gasteiger partial charge in [-0.3, -0.25) is 4.79 Å². The highest BCUT2D eigenvalue weighted by Gasteiger charge is 2.44. The first-order chi connectivity index (χ1) is 34.8. The Morgan fingerprint density at radius 3 is 1.35 bits per heavy atom. The molecule has 1 saturated heterocycles. The largest absolute Gasteiger partial charge is 0.394 e. The topological polar surface area (TPSA) is 149 Å². The van der Waals surface area contributed by atoms with E-state index >= 15 is 0 Å². The molecule has 1 fully saturated rings.